The van der Waals surface area contributed by atoms with Gasteiger partial charge in [-0.15, -0.1) is 0 Å². The van der Waals surface area contributed by atoms with E-state index in [4.69, 9.17) is 14.6 Å². The van der Waals surface area contributed by atoms with E-state index in [1.54, 1.807) is 30.1 Å². The molecular formula is C12H10N2O4. The summed E-state index contributed by atoms with van der Waals surface area (Å²) < 4.78 is 12.1. The minimum atomic E-state index is -1.04. The van der Waals surface area contributed by atoms with Crippen molar-refractivity contribution in [2.24, 2.45) is 7.05 Å². The Morgan fingerprint density at radius 1 is 1.39 bits per heavy atom. The summed E-state index contributed by atoms with van der Waals surface area (Å²) in [5, 5.41) is 13.2. The number of fused-ring (bicyclic) bond motifs is 1. The summed E-state index contributed by atoms with van der Waals surface area (Å²) in [4.78, 5) is 11.2. The van der Waals surface area contributed by atoms with Crippen molar-refractivity contribution in [2.75, 3.05) is 6.79 Å². The Morgan fingerprint density at radius 2 is 2.22 bits per heavy atom. The third kappa shape index (κ3) is 1.58. The highest BCUT2D eigenvalue weighted by molar-refractivity contribution is 5.94. The monoisotopic (exact) mass is 246 g/mol. The second-order valence-electron chi connectivity index (χ2n) is 3.97. The van der Waals surface area contributed by atoms with Crippen LogP contribution in [0.2, 0.25) is 0 Å². The van der Waals surface area contributed by atoms with Crippen molar-refractivity contribution in [3.63, 3.8) is 0 Å². The molecule has 1 aromatic heterocycles. The van der Waals surface area contributed by atoms with Gasteiger partial charge in [-0.25, -0.2) is 4.79 Å². The van der Waals surface area contributed by atoms with E-state index in [0.717, 1.165) is 11.1 Å². The number of ether oxygens (including phenoxy) is 2. The molecule has 2 heterocycles. The zero-order valence-electron chi connectivity index (χ0n) is 9.58. The molecule has 0 unspecified atom stereocenters. The summed E-state index contributed by atoms with van der Waals surface area (Å²) in [5.41, 5.74) is 1.67. The Balaban J connectivity index is 2.17. The van der Waals surface area contributed by atoms with Gasteiger partial charge in [-0.2, -0.15) is 5.10 Å². The lowest BCUT2D eigenvalue weighted by Gasteiger charge is -2.04. The fraction of sp³-hybridized carbons (Fsp3) is 0.167. The third-order valence-corrected chi connectivity index (χ3v) is 2.74. The van der Waals surface area contributed by atoms with E-state index in [2.05, 4.69) is 5.10 Å². The number of nitrogens with zero attached hydrogens (tertiary/aromatic N) is 2. The van der Waals surface area contributed by atoms with Gasteiger partial charge in [0.1, 0.15) is 5.56 Å². The maximum atomic E-state index is 11.2. The van der Waals surface area contributed by atoms with Gasteiger partial charge in [-0.3, -0.25) is 4.68 Å². The lowest BCUT2D eigenvalue weighted by Crippen LogP contribution is -2.00. The lowest BCUT2D eigenvalue weighted by molar-refractivity contribution is 0.0692. The van der Waals surface area contributed by atoms with Crippen LogP contribution in [-0.4, -0.2) is 27.6 Å². The maximum absolute atomic E-state index is 11.2. The fourth-order valence-corrected chi connectivity index (χ4v) is 1.91. The highest BCUT2D eigenvalue weighted by atomic mass is 16.7. The van der Waals surface area contributed by atoms with Gasteiger partial charge in [0.05, 0.1) is 6.20 Å². The molecule has 18 heavy (non-hydrogen) atoms. The second-order valence-corrected chi connectivity index (χ2v) is 3.97. The number of hydrogen-bond acceptors (Lipinski definition) is 4. The maximum Gasteiger partial charge on any atom is 0.339 e. The fourth-order valence-electron chi connectivity index (χ4n) is 1.91. The van der Waals surface area contributed by atoms with E-state index in [1.165, 1.54) is 0 Å². The second kappa shape index (κ2) is 3.76. The van der Waals surface area contributed by atoms with Crippen molar-refractivity contribution in [3.8, 4) is 22.6 Å². The van der Waals surface area contributed by atoms with Gasteiger partial charge in [0, 0.05) is 18.8 Å². The average Bonchev–Trinajstić information content (AvgIpc) is 2.95. The van der Waals surface area contributed by atoms with Gasteiger partial charge >= 0.3 is 5.97 Å². The van der Waals surface area contributed by atoms with Crippen LogP contribution in [0.3, 0.4) is 0 Å². The number of benzene rings is 1. The number of aryl methyl sites for hydroxylation is 1. The van der Waals surface area contributed by atoms with Crippen molar-refractivity contribution >= 4 is 5.97 Å². The minimum Gasteiger partial charge on any atom is -0.478 e. The van der Waals surface area contributed by atoms with E-state index in [9.17, 15) is 4.79 Å². The van der Waals surface area contributed by atoms with Crippen LogP contribution in [0, 0.1) is 0 Å². The van der Waals surface area contributed by atoms with Crippen molar-refractivity contribution in [1.82, 2.24) is 9.78 Å². The van der Waals surface area contributed by atoms with Crippen LogP contribution in [0.25, 0.3) is 11.1 Å². The molecule has 1 aliphatic heterocycles. The number of carboxylic acids is 1. The molecular weight excluding hydrogens is 236 g/mol. The first-order valence-electron chi connectivity index (χ1n) is 5.31. The molecule has 0 amide bonds. The number of aromatic carboxylic acids is 1. The molecule has 1 aliphatic rings. The first-order valence-corrected chi connectivity index (χ1v) is 5.31. The number of hydrogen-bond donors (Lipinski definition) is 1. The summed E-state index contributed by atoms with van der Waals surface area (Å²) in [7, 11) is 1.80. The van der Waals surface area contributed by atoms with E-state index in [-0.39, 0.29) is 18.1 Å². The van der Waals surface area contributed by atoms with Crippen molar-refractivity contribution in [1.29, 1.82) is 0 Å². The number of carbonyl (C=O) groups is 1. The lowest BCUT2D eigenvalue weighted by atomic mass is 10.0. The van der Waals surface area contributed by atoms with Gasteiger partial charge in [0.2, 0.25) is 6.79 Å². The Morgan fingerprint density at radius 3 is 2.89 bits per heavy atom. The van der Waals surface area contributed by atoms with E-state index in [1.807, 2.05) is 6.20 Å². The van der Waals surface area contributed by atoms with Gasteiger partial charge in [0.25, 0.3) is 0 Å². The average molecular weight is 246 g/mol. The van der Waals surface area contributed by atoms with Crippen LogP contribution in [0.1, 0.15) is 10.4 Å². The van der Waals surface area contributed by atoms with Crippen LogP contribution in [0.4, 0.5) is 0 Å². The standard InChI is InChI=1S/C12H10N2O4/c1-14-5-8(4-13-14)7-2-9(12(15)16)11-10(3-7)17-6-18-11/h2-5H,6H2,1H3,(H,15,16). The predicted octanol–water partition coefficient (Wildman–Crippen LogP) is 1.51. The first-order chi connectivity index (χ1) is 8.65. The molecule has 0 bridgehead atoms. The molecule has 6 heteroatoms. The summed E-state index contributed by atoms with van der Waals surface area (Å²) in [6.07, 6.45) is 3.48. The Hall–Kier alpha value is -2.50. The number of aromatic nitrogens is 2. The van der Waals surface area contributed by atoms with Crippen molar-refractivity contribution in [3.05, 3.63) is 30.1 Å². The minimum absolute atomic E-state index is 0.0477. The summed E-state index contributed by atoms with van der Waals surface area (Å²) in [5.74, 6) is -0.300. The highest BCUT2D eigenvalue weighted by Crippen LogP contribution is 2.39. The zero-order valence-corrected chi connectivity index (χ0v) is 9.58. The Bertz CT molecular complexity index is 633. The molecule has 0 atom stereocenters. The van der Waals surface area contributed by atoms with Crippen LogP contribution < -0.4 is 9.47 Å². The molecule has 3 rings (SSSR count). The van der Waals surface area contributed by atoms with E-state index in [0.29, 0.717) is 5.75 Å². The van der Waals surface area contributed by atoms with Crippen LogP contribution in [0.5, 0.6) is 11.5 Å². The van der Waals surface area contributed by atoms with E-state index < -0.39 is 5.97 Å². The molecule has 2 aromatic rings. The predicted molar refractivity (Wildman–Crippen MR) is 61.7 cm³/mol. The molecule has 0 radical (unpaired) electrons. The topological polar surface area (TPSA) is 73.6 Å². The largest absolute Gasteiger partial charge is 0.478 e. The van der Waals surface area contributed by atoms with Crippen LogP contribution in [-0.2, 0) is 7.05 Å². The summed E-state index contributed by atoms with van der Waals surface area (Å²) in [6, 6.07) is 3.32. The number of rotatable bonds is 2. The molecule has 0 saturated carbocycles. The van der Waals surface area contributed by atoms with Crippen LogP contribution in [0.15, 0.2) is 24.5 Å². The molecule has 1 N–H and O–H groups in total. The molecule has 6 nitrogen and oxygen atoms in total. The molecule has 0 aliphatic carbocycles. The molecule has 1 aromatic carbocycles. The van der Waals surface area contributed by atoms with Gasteiger partial charge in [-0.05, 0) is 17.7 Å². The van der Waals surface area contributed by atoms with Crippen molar-refractivity contribution < 1.29 is 19.4 Å². The SMILES string of the molecule is Cn1cc(-c2cc3c(c(C(=O)O)c2)OCO3)cn1. The molecule has 0 spiro atoms. The van der Waals surface area contributed by atoms with Crippen LogP contribution >= 0.6 is 0 Å². The normalized spacial score (nSPS) is 12.7. The summed E-state index contributed by atoms with van der Waals surface area (Å²) in [6.45, 7) is 0.0477. The highest BCUT2D eigenvalue weighted by Gasteiger charge is 2.23. The quantitative estimate of drug-likeness (QED) is 0.869. The van der Waals surface area contributed by atoms with Gasteiger partial charge in [-0.1, -0.05) is 0 Å². The number of carboxylic acid groups (broad SMARTS) is 1. The molecule has 92 valence electrons. The van der Waals surface area contributed by atoms with Gasteiger partial charge < -0.3 is 14.6 Å². The Labute approximate surface area is 102 Å². The van der Waals surface area contributed by atoms with Gasteiger partial charge in [0.15, 0.2) is 11.5 Å². The summed E-state index contributed by atoms with van der Waals surface area (Å²) >= 11 is 0. The molecule has 0 saturated heterocycles. The first kappa shape index (κ1) is 10.6. The smallest absolute Gasteiger partial charge is 0.339 e. The third-order valence-electron chi connectivity index (χ3n) is 2.74. The Kier molecular flexibility index (Phi) is 2.22. The molecule has 0 fully saturated rings. The van der Waals surface area contributed by atoms with Crippen molar-refractivity contribution in [2.45, 2.75) is 0 Å². The van der Waals surface area contributed by atoms with E-state index >= 15 is 0 Å². The zero-order chi connectivity index (χ0) is 12.7.